The van der Waals surface area contributed by atoms with Crippen LogP contribution in [0.1, 0.15) is 40.0 Å². The zero-order valence-electron chi connectivity index (χ0n) is 11.3. The molecule has 1 spiro atoms. The molecule has 2 aliphatic heterocycles. The van der Waals surface area contributed by atoms with Crippen molar-refractivity contribution < 1.29 is 14.6 Å². The largest absolute Gasteiger partial charge is 0.295 e. The van der Waals surface area contributed by atoms with E-state index in [4.69, 9.17) is 9.78 Å². The summed E-state index contributed by atoms with van der Waals surface area (Å²) >= 11 is 0. The number of rotatable bonds is 1. The van der Waals surface area contributed by atoms with Gasteiger partial charge in [-0.1, -0.05) is 12.2 Å². The average Bonchev–Trinajstić information content (AvgIpc) is 2.33. The lowest BCUT2D eigenvalue weighted by molar-refractivity contribution is -0.413. The molecule has 0 unspecified atom stereocenters. The molecule has 0 amide bonds. The Balaban J connectivity index is 2.09. The van der Waals surface area contributed by atoms with Crippen molar-refractivity contribution >= 4 is 5.78 Å². The number of Topliss-reactive ketones (excluding diaryl/α,β-unsaturated/α-hetero) is 1. The maximum Gasteiger partial charge on any atom is 0.178 e. The molecule has 2 bridgehead atoms. The van der Waals surface area contributed by atoms with Gasteiger partial charge in [-0.15, -0.1) is 0 Å². The monoisotopic (exact) mass is 248 g/mol. The van der Waals surface area contributed by atoms with Crippen LogP contribution >= 0.6 is 0 Å². The number of fused-ring (bicyclic) bond motifs is 1. The first-order chi connectivity index (χ1) is 8.41. The van der Waals surface area contributed by atoms with Crippen LogP contribution in [0.3, 0.4) is 0 Å². The minimum Gasteiger partial charge on any atom is -0.295 e. The van der Waals surface area contributed by atoms with Crippen molar-refractivity contribution in [1.29, 1.82) is 0 Å². The van der Waals surface area contributed by atoms with Crippen LogP contribution in [-0.2, 0) is 14.6 Å². The summed E-state index contributed by atoms with van der Waals surface area (Å²) in [4.78, 5) is 23.4. The van der Waals surface area contributed by atoms with Gasteiger partial charge in [0.05, 0.1) is 5.41 Å². The summed E-state index contributed by atoms with van der Waals surface area (Å²) < 4.78 is 0. The third-order valence-electron chi connectivity index (χ3n) is 5.25. The van der Waals surface area contributed by atoms with Crippen LogP contribution < -0.4 is 0 Å². The van der Waals surface area contributed by atoms with Crippen LogP contribution in [0, 0.1) is 11.3 Å². The molecule has 2 aliphatic carbocycles. The fraction of sp³-hybridized carbons (Fsp3) is 0.667. The molecule has 0 radical (unpaired) electrons. The van der Waals surface area contributed by atoms with Gasteiger partial charge >= 0.3 is 0 Å². The molecule has 0 aromatic carbocycles. The highest BCUT2D eigenvalue weighted by molar-refractivity contribution is 5.94. The molecule has 1 saturated heterocycles. The van der Waals surface area contributed by atoms with Crippen LogP contribution in [0.4, 0.5) is 0 Å². The lowest BCUT2D eigenvalue weighted by Crippen LogP contribution is -2.66. The molecule has 2 fully saturated rings. The molecule has 0 N–H and O–H groups in total. The van der Waals surface area contributed by atoms with E-state index in [0.29, 0.717) is 5.92 Å². The molecular weight excluding hydrogens is 228 g/mol. The van der Waals surface area contributed by atoms with E-state index in [1.54, 1.807) is 0 Å². The Morgan fingerprint density at radius 3 is 2.89 bits per heavy atom. The highest BCUT2D eigenvalue weighted by Crippen LogP contribution is 2.59. The van der Waals surface area contributed by atoms with Gasteiger partial charge in [0.25, 0.3) is 0 Å². The Kier molecular flexibility index (Phi) is 2.39. The van der Waals surface area contributed by atoms with Gasteiger partial charge in [0.15, 0.2) is 11.9 Å². The van der Waals surface area contributed by atoms with Gasteiger partial charge < -0.3 is 0 Å². The molecule has 18 heavy (non-hydrogen) atoms. The third kappa shape index (κ3) is 1.24. The summed E-state index contributed by atoms with van der Waals surface area (Å²) in [5.41, 5.74) is 1.32. The van der Waals surface area contributed by atoms with Gasteiger partial charge in [0.1, 0.15) is 5.60 Å². The standard InChI is InChI=1S/C15H20O3/c1-9(2)11-5-6-14(4)13(16)12-7-10(3)15(14,8-11)18-17-12/h7,11-12H,1,5-6,8H2,2-4H3/t11-,12+,14+,15-/m1/s1. The van der Waals surface area contributed by atoms with Crippen LogP contribution in [0.15, 0.2) is 23.8 Å². The number of allylic oxidation sites excluding steroid dienone is 1. The summed E-state index contributed by atoms with van der Waals surface area (Å²) in [7, 11) is 0. The van der Waals surface area contributed by atoms with E-state index in [2.05, 4.69) is 20.4 Å². The van der Waals surface area contributed by atoms with E-state index >= 15 is 0 Å². The van der Waals surface area contributed by atoms with Crippen molar-refractivity contribution in [1.82, 2.24) is 0 Å². The Bertz CT molecular complexity index is 464. The highest BCUT2D eigenvalue weighted by atomic mass is 17.2. The van der Waals surface area contributed by atoms with Crippen molar-refractivity contribution in [2.24, 2.45) is 11.3 Å². The number of hydrogen-bond donors (Lipinski definition) is 0. The van der Waals surface area contributed by atoms with Crippen LogP contribution in [-0.4, -0.2) is 17.5 Å². The van der Waals surface area contributed by atoms with E-state index in [1.807, 2.05) is 13.0 Å². The molecule has 4 atom stereocenters. The molecule has 0 aromatic heterocycles. The van der Waals surface area contributed by atoms with Crippen molar-refractivity contribution in [3.8, 4) is 0 Å². The normalized spacial score (nSPS) is 46.6. The second-order valence-corrected chi connectivity index (χ2v) is 6.26. The summed E-state index contributed by atoms with van der Waals surface area (Å²) in [6.45, 7) is 10.2. The lowest BCUT2D eigenvalue weighted by atomic mass is 9.53. The molecule has 4 aliphatic rings. The second kappa shape index (κ2) is 3.55. The fourth-order valence-corrected chi connectivity index (χ4v) is 3.83. The number of carbonyl (C=O) groups excluding carboxylic acids is 1. The predicted molar refractivity (Wildman–Crippen MR) is 67.7 cm³/mol. The predicted octanol–water partition coefficient (Wildman–Crippen LogP) is 2.97. The number of ketones is 1. The summed E-state index contributed by atoms with van der Waals surface area (Å²) in [5.74, 6) is 0.590. The minimum absolute atomic E-state index is 0.180. The van der Waals surface area contributed by atoms with E-state index in [1.165, 1.54) is 5.57 Å². The first-order valence-electron chi connectivity index (χ1n) is 6.64. The highest BCUT2D eigenvalue weighted by Gasteiger charge is 2.65. The first-order valence-corrected chi connectivity index (χ1v) is 6.64. The third-order valence-corrected chi connectivity index (χ3v) is 5.25. The van der Waals surface area contributed by atoms with Gasteiger partial charge in [-0.05, 0) is 57.6 Å². The quantitative estimate of drug-likeness (QED) is 0.528. The van der Waals surface area contributed by atoms with Gasteiger partial charge in [0, 0.05) is 0 Å². The van der Waals surface area contributed by atoms with Crippen LogP contribution in [0.25, 0.3) is 0 Å². The van der Waals surface area contributed by atoms with Crippen molar-refractivity contribution in [2.45, 2.75) is 51.7 Å². The molecular formula is C15H20O3. The van der Waals surface area contributed by atoms with Crippen molar-refractivity contribution in [3.05, 3.63) is 23.8 Å². The Labute approximate surface area is 108 Å². The number of hydrogen-bond acceptors (Lipinski definition) is 3. The van der Waals surface area contributed by atoms with Crippen molar-refractivity contribution in [3.63, 3.8) is 0 Å². The topological polar surface area (TPSA) is 35.5 Å². The molecule has 4 rings (SSSR count). The van der Waals surface area contributed by atoms with E-state index < -0.39 is 17.1 Å². The lowest BCUT2D eigenvalue weighted by Gasteiger charge is -2.58. The molecule has 3 heteroatoms. The van der Waals surface area contributed by atoms with Crippen molar-refractivity contribution in [2.75, 3.05) is 0 Å². The Morgan fingerprint density at radius 2 is 2.28 bits per heavy atom. The van der Waals surface area contributed by atoms with Gasteiger partial charge in [-0.25, -0.2) is 9.78 Å². The maximum absolute atomic E-state index is 12.5. The second-order valence-electron chi connectivity index (χ2n) is 6.26. The summed E-state index contributed by atoms with van der Waals surface area (Å²) in [5, 5.41) is 0. The fourth-order valence-electron chi connectivity index (χ4n) is 3.83. The zero-order valence-corrected chi connectivity index (χ0v) is 11.3. The maximum atomic E-state index is 12.5. The zero-order chi connectivity index (χ0) is 13.1. The van der Waals surface area contributed by atoms with Gasteiger partial charge in [0.2, 0.25) is 0 Å². The van der Waals surface area contributed by atoms with Gasteiger partial charge in [-0.3, -0.25) is 4.79 Å². The van der Waals surface area contributed by atoms with Crippen LogP contribution in [0.2, 0.25) is 0 Å². The van der Waals surface area contributed by atoms with Crippen LogP contribution in [0.5, 0.6) is 0 Å². The number of carbonyl (C=O) groups is 1. The smallest absolute Gasteiger partial charge is 0.178 e. The molecule has 2 heterocycles. The van der Waals surface area contributed by atoms with E-state index in [-0.39, 0.29) is 5.78 Å². The molecule has 0 aromatic rings. The van der Waals surface area contributed by atoms with E-state index in [0.717, 1.165) is 24.8 Å². The molecule has 1 saturated carbocycles. The van der Waals surface area contributed by atoms with Gasteiger partial charge in [-0.2, -0.15) is 0 Å². The first kappa shape index (κ1) is 12.1. The minimum atomic E-state index is -0.569. The Morgan fingerprint density at radius 1 is 1.56 bits per heavy atom. The Hall–Kier alpha value is -0.930. The molecule has 3 nitrogen and oxygen atoms in total. The molecule has 98 valence electrons. The van der Waals surface area contributed by atoms with E-state index in [9.17, 15) is 4.79 Å². The SMILES string of the molecule is C=C(C)[C@@H]1CC[C@@]2(C)C(=O)[C@@H]3C=C(C)[C@@]2(C1)OO3. The summed E-state index contributed by atoms with van der Waals surface area (Å²) in [6.07, 6.45) is 4.10. The average molecular weight is 248 g/mol. The summed E-state index contributed by atoms with van der Waals surface area (Å²) in [6, 6.07) is 0.